The maximum atomic E-state index is 13.8. The van der Waals surface area contributed by atoms with Crippen LogP contribution in [-0.4, -0.2) is 23.8 Å². The van der Waals surface area contributed by atoms with Gasteiger partial charge in [-0.15, -0.1) is 0 Å². The summed E-state index contributed by atoms with van der Waals surface area (Å²) in [5.41, 5.74) is 3.65. The van der Waals surface area contributed by atoms with Crippen molar-refractivity contribution in [1.29, 1.82) is 0 Å². The molecule has 8 heteroatoms. The van der Waals surface area contributed by atoms with Gasteiger partial charge in [0.25, 0.3) is 0 Å². The van der Waals surface area contributed by atoms with E-state index in [9.17, 15) is 27.1 Å². The highest BCUT2D eigenvalue weighted by Crippen LogP contribution is 2.32. The van der Waals surface area contributed by atoms with Gasteiger partial charge in [0.2, 0.25) is 0 Å². The van der Waals surface area contributed by atoms with E-state index in [1.807, 2.05) is 0 Å². The lowest BCUT2D eigenvalue weighted by Crippen LogP contribution is -2.43. The van der Waals surface area contributed by atoms with Crippen LogP contribution >= 0.6 is 0 Å². The molecular weight excluding hydrogens is 487 g/mol. The number of alkyl halides is 3. The Morgan fingerprint density at radius 1 is 0.946 bits per heavy atom. The van der Waals surface area contributed by atoms with Gasteiger partial charge in [-0.25, -0.2) is 8.78 Å². The molecule has 0 fully saturated rings. The van der Waals surface area contributed by atoms with E-state index in [0.717, 1.165) is 43.9 Å². The highest BCUT2D eigenvalue weighted by Gasteiger charge is 2.30. The maximum Gasteiger partial charge on any atom is 0.416 e. The number of benzene rings is 3. The lowest BCUT2D eigenvalue weighted by Gasteiger charge is -2.31. The first-order chi connectivity index (χ1) is 17.6. The van der Waals surface area contributed by atoms with E-state index in [1.54, 1.807) is 0 Å². The van der Waals surface area contributed by atoms with E-state index in [0.29, 0.717) is 11.3 Å². The van der Waals surface area contributed by atoms with E-state index in [1.165, 1.54) is 41.0 Å². The second-order valence-corrected chi connectivity index (χ2v) is 9.61. The van der Waals surface area contributed by atoms with Gasteiger partial charge in [0.15, 0.2) is 0 Å². The molecule has 0 spiro atoms. The minimum Gasteiger partial charge on any atom is -0.390 e. The zero-order chi connectivity index (χ0) is 26.6. The van der Waals surface area contributed by atoms with Gasteiger partial charge in [0, 0.05) is 24.3 Å². The number of nitrogens with one attached hydrogen (secondary N) is 2. The fourth-order valence-electron chi connectivity index (χ4n) is 4.92. The monoisotopic (exact) mass is 518 g/mol. The Labute approximate surface area is 213 Å². The third-order valence-electron chi connectivity index (χ3n) is 6.91. The highest BCUT2D eigenvalue weighted by molar-refractivity contribution is 5.46. The Bertz CT molecular complexity index is 1180. The number of hydrogen-bond acceptors (Lipinski definition) is 3. The number of halogens is 5. The maximum absolute atomic E-state index is 13.8. The van der Waals surface area contributed by atoms with Gasteiger partial charge < -0.3 is 15.7 Å². The van der Waals surface area contributed by atoms with Gasteiger partial charge in [-0.05, 0) is 90.8 Å². The van der Waals surface area contributed by atoms with Crippen LogP contribution in [0.25, 0.3) is 0 Å². The third kappa shape index (κ3) is 7.08. The Kier molecular flexibility index (Phi) is 8.49. The largest absolute Gasteiger partial charge is 0.416 e. The molecule has 198 valence electrons. The molecule has 0 aromatic heterocycles. The van der Waals surface area contributed by atoms with E-state index in [4.69, 9.17) is 0 Å². The lowest BCUT2D eigenvalue weighted by atomic mass is 9.86. The zero-order valence-electron chi connectivity index (χ0n) is 20.6. The Morgan fingerprint density at radius 2 is 1.65 bits per heavy atom. The van der Waals surface area contributed by atoms with Crippen molar-refractivity contribution in [1.82, 2.24) is 5.32 Å². The van der Waals surface area contributed by atoms with Gasteiger partial charge in [0.1, 0.15) is 11.6 Å². The minimum absolute atomic E-state index is 0.0585. The van der Waals surface area contributed by atoms with Gasteiger partial charge in [0.05, 0.1) is 17.7 Å². The van der Waals surface area contributed by atoms with Crippen LogP contribution in [0.4, 0.5) is 27.6 Å². The Morgan fingerprint density at radius 3 is 2.30 bits per heavy atom. The Balaban J connectivity index is 1.51. The topological polar surface area (TPSA) is 44.3 Å². The average molecular weight is 519 g/mol. The SMILES string of the molecule is CCc1ccc2c(c1)C(NCC(O)C(Cc1cc(F)cc(F)c1)Nc1ccc(C(F)(F)F)cc1)CCC2. The van der Waals surface area contributed by atoms with Gasteiger partial charge in [-0.2, -0.15) is 13.2 Å². The number of aliphatic hydroxyl groups excluding tert-OH is 1. The molecule has 0 bridgehead atoms. The van der Waals surface area contributed by atoms with Crippen LogP contribution < -0.4 is 10.6 Å². The lowest BCUT2D eigenvalue weighted by molar-refractivity contribution is -0.137. The number of fused-ring (bicyclic) bond motifs is 1. The molecular formula is C29H31F5N2O. The summed E-state index contributed by atoms with van der Waals surface area (Å²) in [6.07, 6.45) is -1.53. The number of aliphatic hydroxyl groups is 1. The molecule has 0 heterocycles. The molecule has 0 radical (unpaired) electrons. The number of hydrogen-bond donors (Lipinski definition) is 3. The van der Waals surface area contributed by atoms with Crippen LogP contribution in [-0.2, 0) is 25.4 Å². The highest BCUT2D eigenvalue weighted by atomic mass is 19.4. The van der Waals surface area contributed by atoms with Crippen LogP contribution in [0.3, 0.4) is 0 Å². The summed E-state index contributed by atoms with van der Waals surface area (Å²) in [4.78, 5) is 0. The molecule has 1 aliphatic rings. The molecule has 37 heavy (non-hydrogen) atoms. The Hall–Kier alpha value is -2.97. The summed E-state index contributed by atoms with van der Waals surface area (Å²) in [6, 6.07) is 13.5. The molecule has 1 aliphatic carbocycles. The molecule has 0 saturated heterocycles. The van der Waals surface area contributed by atoms with E-state index < -0.39 is 35.5 Å². The van der Waals surface area contributed by atoms with E-state index in [2.05, 4.69) is 35.8 Å². The molecule has 3 N–H and O–H groups in total. The summed E-state index contributed by atoms with van der Waals surface area (Å²) in [7, 11) is 0. The standard InChI is InChI=1S/C29H31F5N2O/c1-2-18-6-7-20-4-3-5-26(25(20)14-18)35-17-28(37)27(15-19-12-22(30)16-23(31)13-19)36-24-10-8-21(9-11-24)29(32,33)34/h6-14,16,26-28,35-37H,2-5,15,17H2,1H3. The molecule has 3 atom stereocenters. The summed E-state index contributed by atoms with van der Waals surface area (Å²) >= 11 is 0. The third-order valence-corrected chi connectivity index (χ3v) is 6.91. The molecule has 0 saturated carbocycles. The fraction of sp³-hybridized carbons (Fsp3) is 0.379. The van der Waals surface area contributed by atoms with E-state index in [-0.39, 0.29) is 19.0 Å². The second-order valence-electron chi connectivity index (χ2n) is 9.61. The van der Waals surface area contributed by atoms with Gasteiger partial charge in [-0.1, -0.05) is 25.1 Å². The number of aryl methyl sites for hydroxylation is 2. The summed E-state index contributed by atoms with van der Waals surface area (Å²) < 4.78 is 66.5. The van der Waals surface area contributed by atoms with Gasteiger partial charge in [-0.3, -0.25) is 0 Å². The molecule has 3 unspecified atom stereocenters. The first-order valence-corrected chi connectivity index (χ1v) is 12.5. The normalized spacial score (nSPS) is 17.2. The van der Waals surface area contributed by atoms with Crippen molar-refractivity contribution in [3.05, 3.63) is 100 Å². The number of rotatable bonds is 9. The molecule has 4 rings (SSSR count). The van der Waals surface area contributed by atoms with E-state index >= 15 is 0 Å². The summed E-state index contributed by atoms with van der Waals surface area (Å²) in [6.45, 7) is 2.29. The quantitative estimate of drug-likeness (QED) is 0.280. The fourth-order valence-corrected chi connectivity index (χ4v) is 4.92. The van der Waals surface area contributed by atoms with Crippen LogP contribution in [0, 0.1) is 11.6 Å². The first-order valence-electron chi connectivity index (χ1n) is 12.5. The second kappa shape index (κ2) is 11.6. The molecule has 3 aromatic carbocycles. The van der Waals surface area contributed by atoms with Crippen LogP contribution in [0.15, 0.2) is 60.7 Å². The average Bonchev–Trinajstić information content (AvgIpc) is 2.85. The predicted molar refractivity (Wildman–Crippen MR) is 134 cm³/mol. The minimum atomic E-state index is -4.46. The zero-order valence-corrected chi connectivity index (χ0v) is 20.6. The summed E-state index contributed by atoms with van der Waals surface area (Å²) in [5.74, 6) is -1.47. The van der Waals surface area contributed by atoms with Crippen molar-refractivity contribution in [2.45, 2.75) is 63.4 Å². The predicted octanol–water partition coefficient (Wildman–Crippen LogP) is 6.60. The van der Waals surface area contributed by atoms with Crippen LogP contribution in [0.2, 0.25) is 0 Å². The van der Waals surface area contributed by atoms with Crippen LogP contribution in [0.5, 0.6) is 0 Å². The van der Waals surface area contributed by atoms with Crippen molar-refractivity contribution in [3.63, 3.8) is 0 Å². The van der Waals surface area contributed by atoms with Gasteiger partial charge >= 0.3 is 6.18 Å². The van der Waals surface area contributed by atoms with Crippen molar-refractivity contribution in [3.8, 4) is 0 Å². The smallest absolute Gasteiger partial charge is 0.390 e. The van der Waals surface area contributed by atoms with Crippen molar-refractivity contribution in [2.75, 3.05) is 11.9 Å². The van der Waals surface area contributed by atoms with Crippen LogP contribution in [0.1, 0.15) is 53.6 Å². The first kappa shape index (κ1) is 27.1. The van der Waals surface area contributed by atoms with Crippen molar-refractivity contribution in [2.24, 2.45) is 0 Å². The van der Waals surface area contributed by atoms with Crippen molar-refractivity contribution >= 4 is 5.69 Å². The molecule has 0 aliphatic heterocycles. The summed E-state index contributed by atoms with van der Waals surface area (Å²) in [5, 5.41) is 17.7. The molecule has 3 aromatic rings. The molecule has 3 nitrogen and oxygen atoms in total. The number of anilines is 1. The molecule has 0 amide bonds. The van der Waals surface area contributed by atoms with Crippen molar-refractivity contribution < 1.29 is 27.1 Å².